The fourth-order valence-corrected chi connectivity index (χ4v) is 2.70. The normalized spacial score (nSPS) is 10.8. The van der Waals surface area contributed by atoms with Crippen molar-refractivity contribution in [2.45, 2.75) is 19.5 Å². The predicted molar refractivity (Wildman–Crippen MR) is 95.0 cm³/mol. The molecule has 3 nitrogen and oxygen atoms in total. The summed E-state index contributed by atoms with van der Waals surface area (Å²) in [6.07, 6.45) is 0.290. The van der Waals surface area contributed by atoms with Gasteiger partial charge in [0.05, 0.1) is 30.6 Å². The summed E-state index contributed by atoms with van der Waals surface area (Å²) in [6.45, 7) is 1.46. The number of carbonyl (C=O) groups is 1. The van der Waals surface area contributed by atoms with E-state index in [-0.39, 0.29) is 12.3 Å². The number of hydrogen-bond acceptors (Lipinski definition) is 1. The van der Waals surface area contributed by atoms with Crippen LogP contribution in [-0.4, -0.2) is 20.0 Å². The molecule has 0 fully saturated rings. The van der Waals surface area contributed by atoms with Crippen LogP contribution in [-0.2, 0) is 24.3 Å². The Hall–Kier alpha value is -1.55. The smallest absolute Gasteiger partial charge is 0.224 e. The van der Waals surface area contributed by atoms with Crippen molar-refractivity contribution in [1.29, 1.82) is 0 Å². The second kappa shape index (κ2) is 8.34. The first-order valence-electron chi connectivity index (χ1n) is 7.52. The minimum absolute atomic E-state index is 0.0320. The monoisotopic (exact) mass is 351 g/mol. The molecule has 0 aliphatic rings. The third kappa shape index (κ3) is 5.54. The van der Waals surface area contributed by atoms with Crippen molar-refractivity contribution < 1.29 is 9.69 Å². The van der Waals surface area contributed by atoms with Crippen molar-refractivity contribution >= 4 is 29.1 Å². The lowest BCUT2D eigenvalue weighted by molar-refractivity contribution is -0.872. The molecule has 0 aliphatic carbocycles. The first-order valence-corrected chi connectivity index (χ1v) is 8.27. The second-order valence-corrected chi connectivity index (χ2v) is 6.67. The molecule has 0 saturated heterocycles. The van der Waals surface area contributed by atoms with E-state index >= 15 is 0 Å². The minimum Gasteiger partial charge on any atom is -0.352 e. The average Bonchev–Trinajstić information content (AvgIpc) is 2.49. The average molecular weight is 352 g/mol. The summed E-state index contributed by atoms with van der Waals surface area (Å²) in [5.74, 6) is -0.0320. The summed E-state index contributed by atoms with van der Waals surface area (Å²) in [6, 6.07) is 13.4. The van der Waals surface area contributed by atoms with Crippen molar-refractivity contribution in [3.8, 4) is 0 Å². The van der Waals surface area contributed by atoms with Crippen LogP contribution in [0, 0.1) is 0 Å². The van der Waals surface area contributed by atoms with E-state index in [9.17, 15) is 4.79 Å². The molecule has 0 atom stereocenters. The van der Waals surface area contributed by atoms with Gasteiger partial charge in [0, 0.05) is 12.1 Å². The number of rotatable bonds is 6. The van der Waals surface area contributed by atoms with E-state index in [2.05, 4.69) is 31.5 Å². The van der Waals surface area contributed by atoms with E-state index < -0.39 is 0 Å². The summed E-state index contributed by atoms with van der Waals surface area (Å²) in [5.41, 5.74) is 3.25. The number of amides is 1. The van der Waals surface area contributed by atoms with E-state index in [1.165, 1.54) is 10.5 Å². The second-order valence-electron chi connectivity index (χ2n) is 5.85. The summed E-state index contributed by atoms with van der Waals surface area (Å²) >= 11 is 11.9. The molecule has 1 amide bonds. The number of benzene rings is 2. The topological polar surface area (TPSA) is 33.5 Å². The van der Waals surface area contributed by atoms with Crippen molar-refractivity contribution in [1.82, 2.24) is 5.32 Å². The molecule has 122 valence electrons. The Bertz CT molecular complexity index is 686. The third-order valence-electron chi connectivity index (χ3n) is 3.49. The number of carbonyl (C=O) groups excluding carboxylic acids is 1. The maximum absolute atomic E-state index is 12.1. The Morgan fingerprint density at radius 1 is 1.04 bits per heavy atom. The van der Waals surface area contributed by atoms with Crippen LogP contribution in [0.5, 0.6) is 0 Å². The van der Waals surface area contributed by atoms with Gasteiger partial charge in [-0.3, -0.25) is 4.79 Å². The Morgan fingerprint density at radius 3 is 2.39 bits per heavy atom. The summed E-state index contributed by atoms with van der Waals surface area (Å²) < 4.78 is 0. The Morgan fingerprint density at radius 2 is 1.74 bits per heavy atom. The summed E-state index contributed by atoms with van der Waals surface area (Å²) in [7, 11) is 4.22. The molecule has 2 aromatic carbocycles. The highest BCUT2D eigenvalue weighted by atomic mass is 35.5. The summed E-state index contributed by atoms with van der Waals surface area (Å²) in [4.78, 5) is 13.5. The number of halogens is 2. The van der Waals surface area contributed by atoms with Gasteiger partial charge < -0.3 is 10.2 Å². The third-order valence-corrected chi connectivity index (χ3v) is 4.23. The zero-order valence-electron chi connectivity index (χ0n) is 13.3. The van der Waals surface area contributed by atoms with Crippen molar-refractivity contribution in [3.05, 3.63) is 69.2 Å². The quantitative estimate of drug-likeness (QED) is 0.823. The number of nitrogens with one attached hydrogen (secondary N) is 2. The molecule has 2 rings (SSSR count). The Kier molecular flexibility index (Phi) is 6.46. The molecule has 0 radical (unpaired) electrons. The number of hydrogen-bond donors (Lipinski definition) is 2. The largest absolute Gasteiger partial charge is 0.352 e. The predicted octanol–water partition coefficient (Wildman–Crippen LogP) is 2.50. The molecular weight excluding hydrogens is 331 g/mol. The SMILES string of the molecule is C[NH+](C)Cc1ccccc1CNC(=O)Cc1ccc(Cl)c(Cl)c1. The van der Waals surface area contributed by atoms with Crippen molar-refractivity contribution in [3.63, 3.8) is 0 Å². The van der Waals surface area contributed by atoms with Gasteiger partial charge in [0.2, 0.25) is 5.91 Å². The highest BCUT2D eigenvalue weighted by Gasteiger charge is 2.09. The van der Waals surface area contributed by atoms with Crippen LogP contribution in [0.2, 0.25) is 10.0 Å². The molecule has 0 spiro atoms. The van der Waals surface area contributed by atoms with Gasteiger partial charge in [-0.05, 0) is 23.3 Å². The first kappa shape index (κ1) is 17.8. The molecule has 0 heterocycles. The van der Waals surface area contributed by atoms with Gasteiger partial charge in [-0.25, -0.2) is 0 Å². The minimum atomic E-state index is -0.0320. The molecule has 5 heteroatoms. The van der Waals surface area contributed by atoms with E-state index in [0.717, 1.165) is 17.7 Å². The Balaban J connectivity index is 1.95. The van der Waals surface area contributed by atoms with Crippen LogP contribution in [0.4, 0.5) is 0 Å². The molecule has 0 aliphatic heterocycles. The van der Waals surface area contributed by atoms with Crippen molar-refractivity contribution in [2.75, 3.05) is 14.1 Å². The van der Waals surface area contributed by atoms with Gasteiger partial charge in [0.25, 0.3) is 0 Å². The van der Waals surface area contributed by atoms with E-state index in [0.29, 0.717) is 16.6 Å². The van der Waals surface area contributed by atoms with Gasteiger partial charge in [-0.2, -0.15) is 0 Å². The standard InChI is InChI=1S/C18H20Cl2N2O/c1-22(2)12-15-6-4-3-5-14(15)11-21-18(23)10-13-7-8-16(19)17(20)9-13/h3-9H,10-12H2,1-2H3,(H,21,23)/p+1. The van der Waals surface area contributed by atoms with Gasteiger partial charge in [-0.15, -0.1) is 0 Å². The molecule has 0 unspecified atom stereocenters. The van der Waals surface area contributed by atoms with Crippen LogP contribution >= 0.6 is 23.2 Å². The molecule has 2 aromatic rings. The molecule has 23 heavy (non-hydrogen) atoms. The van der Waals surface area contributed by atoms with Crippen molar-refractivity contribution in [2.24, 2.45) is 0 Å². The molecule has 0 aromatic heterocycles. The van der Waals surface area contributed by atoms with Crippen LogP contribution < -0.4 is 10.2 Å². The maximum atomic E-state index is 12.1. The molecule has 0 saturated carbocycles. The molecular formula is C18H21Cl2N2O+. The number of quaternary nitrogens is 1. The van der Waals surface area contributed by atoms with Crippen LogP contribution in [0.3, 0.4) is 0 Å². The summed E-state index contributed by atoms with van der Waals surface area (Å²) in [5, 5.41) is 3.94. The zero-order chi connectivity index (χ0) is 16.8. The van der Waals surface area contributed by atoms with E-state index in [1.807, 2.05) is 18.2 Å². The van der Waals surface area contributed by atoms with Gasteiger partial charge >= 0.3 is 0 Å². The highest BCUT2D eigenvalue weighted by molar-refractivity contribution is 6.42. The van der Waals surface area contributed by atoms with Crippen LogP contribution in [0.15, 0.2) is 42.5 Å². The highest BCUT2D eigenvalue weighted by Crippen LogP contribution is 2.22. The lowest BCUT2D eigenvalue weighted by Crippen LogP contribution is -3.04. The zero-order valence-corrected chi connectivity index (χ0v) is 14.8. The maximum Gasteiger partial charge on any atom is 0.224 e. The Labute approximate surface area is 147 Å². The lowest BCUT2D eigenvalue weighted by Gasteiger charge is -2.13. The molecule has 0 bridgehead atoms. The first-order chi connectivity index (χ1) is 11.0. The van der Waals surface area contributed by atoms with Gasteiger partial charge in [0.15, 0.2) is 0 Å². The lowest BCUT2D eigenvalue weighted by atomic mass is 10.1. The molecule has 2 N–H and O–H groups in total. The fourth-order valence-electron chi connectivity index (χ4n) is 2.37. The van der Waals surface area contributed by atoms with E-state index in [4.69, 9.17) is 23.2 Å². The van der Waals surface area contributed by atoms with Crippen LogP contribution in [0.1, 0.15) is 16.7 Å². The fraction of sp³-hybridized carbons (Fsp3) is 0.278. The van der Waals surface area contributed by atoms with E-state index in [1.54, 1.807) is 12.1 Å². The van der Waals surface area contributed by atoms with Crippen LogP contribution in [0.25, 0.3) is 0 Å². The van der Waals surface area contributed by atoms with Gasteiger partial charge in [-0.1, -0.05) is 53.5 Å². The van der Waals surface area contributed by atoms with Gasteiger partial charge in [0.1, 0.15) is 6.54 Å².